The molecule has 0 aliphatic rings. The smallest absolute Gasteiger partial charge is 0.237 e. The monoisotopic (exact) mass is 498 g/mol. The van der Waals surface area contributed by atoms with E-state index in [9.17, 15) is 0 Å². The van der Waals surface area contributed by atoms with Crippen molar-refractivity contribution in [3.63, 3.8) is 0 Å². The summed E-state index contributed by atoms with van der Waals surface area (Å²) in [6.07, 6.45) is 1.79. The summed E-state index contributed by atoms with van der Waals surface area (Å²) >= 11 is 0. The predicted molar refractivity (Wildman–Crippen MR) is 160 cm³/mol. The average molecular weight is 499 g/mol. The van der Waals surface area contributed by atoms with Crippen molar-refractivity contribution in [1.29, 1.82) is 0 Å². The van der Waals surface area contributed by atoms with Crippen LogP contribution in [0.2, 0.25) is 0 Å². The van der Waals surface area contributed by atoms with Gasteiger partial charge in [0.25, 0.3) is 0 Å². The van der Waals surface area contributed by atoms with Crippen LogP contribution in [0.15, 0.2) is 134 Å². The average Bonchev–Trinajstić information content (AvgIpc) is 3.33. The first kappa shape index (κ1) is 21.7. The fraction of sp³-hybridized carbons (Fsp3) is 0. The predicted octanol–water partition coefficient (Wildman–Crippen LogP) is 8.61. The molecule has 0 saturated carbocycles. The summed E-state index contributed by atoms with van der Waals surface area (Å²) in [5, 5.41) is 5.69. The number of aromatic nitrogens is 4. The van der Waals surface area contributed by atoms with Gasteiger partial charge in [0.2, 0.25) is 5.95 Å². The molecule has 0 unspecified atom stereocenters. The lowest BCUT2D eigenvalue weighted by atomic mass is 10.0. The van der Waals surface area contributed by atoms with Gasteiger partial charge in [0.05, 0.1) is 16.7 Å². The second-order valence-electron chi connectivity index (χ2n) is 9.76. The highest BCUT2D eigenvalue weighted by Gasteiger charge is 2.18. The van der Waals surface area contributed by atoms with Crippen molar-refractivity contribution in [2.75, 3.05) is 0 Å². The Hall–Kier alpha value is -5.35. The van der Waals surface area contributed by atoms with Gasteiger partial charge in [-0.2, -0.15) is 4.98 Å². The van der Waals surface area contributed by atoms with E-state index >= 15 is 0 Å². The normalized spacial score (nSPS) is 11.6. The highest BCUT2D eigenvalue weighted by atomic mass is 15.2. The Labute approximate surface area is 224 Å². The third-order valence-corrected chi connectivity index (χ3v) is 7.47. The van der Waals surface area contributed by atoms with Crippen molar-refractivity contribution < 1.29 is 0 Å². The number of rotatable bonds is 3. The highest BCUT2D eigenvalue weighted by molar-refractivity contribution is 6.13. The van der Waals surface area contributed by atoms with Crippen LogP contribution in [-0.4, -0.2) is 19.5 Å². The van der Waals surface area contributed by atoms with E-state index in [1.807, 2.05) is 18.2 Å². The maximum absolute atomic E-state index is 5.21. The Bertz CT molecular complexity index is 2160. The zero-order chi connectivity index (χ0) is 25.8. The van der Waals surface area contributed by atoms with Crippen LogP contribution in [0.4, 0.5) is 0 Å². The van der Waals surface area contributed by atoms with E-state index in [1.165, 1.54) is 32.7 Å². The van der Waals surface area contributed by atoms with Gasteiger partial charge in [-0.05, 0) is 52.2 Å². The number of pyridine rings is 1. The summed E-state index contributed by atoms with van der Waals surface area (Å²) in [4.78, 5) is 14.8. The van der Waals surface area contributed by atoms with Gasteiger partial charge < -0.3 is 0 Å². The lowest BCUT2D eigenvalue weighted by Gasteiger charge is -2.12. The van der Waals surface area contributed by atoms with Crippen molar-refractivity contribution in [2.24, 2.45) is 0 Å². The van der Waals surface area contributed by atoms with Gasteiger partial charge in [-0.25, -0.2) is 9.97 Å². The fourth-order valence-electron chi connectivity index (χ4n) is 5.59. The standard InChI is InChI=1S/C35H22N4/c1-2-9-23(10-3-1)24-16-18-25(19-17-24)33-29-14-8-20-36-34(29)38-35(37-33)39-31-15-7-6-13-28(31)30-21-26-11-4-5-12-27(26)22-32(30)39/h1-22H. The number of fused-ring (bicyclic) bond motifs is 5. The van der Waals surface area contributed by atoms with Crippen LogP contribution in [0.3, 0.4) is 0 Å². The van der Waals surface area contributed by atoms with Crippen molar-refractivity contribution in [3.05, 3.63) is 134 Å². The molecule has 0 N–H and O–H groups in total. The van der Waals surface area contributed by atoms with Crippen LogP contribution in [0.25, 0.3) is 71.9 Å². The quantitative estimate of drug-likeness (QED) is 0.245. The number of nitrogens with zero attached hydrogens (tertiary/aromatic N) is 4. The van der Waals surface area contributed by atoms with Gasteiger partial charge in [0, 0.05) is 27.9 Å². The molecule has 3 aromatic heterocycles. The first-order valence-electron chi connectivity index (χ1n) is 13.0. The van der Waals surface area contributed by atoms with Crippen molar-refractivity contribution >= 4 is 43.6 Å². The van der Waals surface area contributed by atoms with Gasteiger partial charge in [-0.3, -0.25) is 4.57 Å². The molecule has 0 atom stereocenters. The maximum atomic E-state index is 5.21. The SMILES string of the molecule is c1ccc(-c2ccc(-c3nc(-n4c5ccccc5c5cc6ccccc6cc54)nc4ncccc34)cc2)cc1. The van der Waals surface area contributed by atoms with Crippen molar-refractivity contribution in [1.82, 2.24) is 19.5 Å². The lowest BCUT2D eigenvalue weighted by Crippen LogP contribution is -2.04. The minimum atomic E-state index is 0.616. The Morgan fingerprint density at radius 1 is 0.462 bits per heavy atom. The summed E-state index contributed by atoms with van der Waals surface area (Å²) in [5.74, 6) is 0.616. The second-order valence-corrected chi connectivity index (χ2v) is 9.76. The largest absolute Gasteiger partial charge is 0.278 e. The lowest BCUT2D eigenvalue weighted by molar-refractivity contribution is 1.01. The number of benzene rings is 5. The van der Waals surface area contributed by atoms with Crippen LogP contribution in [0.5, 0.6) is 0 Å². The van der Waals surface area contributed by atoms with E-state index in [0.29, 0.717) is 11.6 Å². The molecule has 0 spiro atoms. The molecule has 0 fully saturated rings. The summed E-state index contributed by atoms with van der Waals surface area (Å²) in [6.45, 7) is 0. The summed E-state index contributed by atoms with van der Waals surface area (Å²) < 4.78 is 2.17. The zero-order valence-electron chi connectivity index (χ0n) is 21.0. The molecule has 5 aromatic carbocycles. The Kier molecular flexibility index (Phi) is 4.79. The van der Waals surface area contributed by atoms with Crippen molar-refractivity contribution in [3.8, 4) is 28.3 Å². The second kappa shape index (κ2) is 8.61. The maximum Gasteiger partial charge on any atom is 0.237 e. The van der Waals surface area contributed by atoms with Crippen LogP contribution >= 0.6 is 0 Å². The Morgan fingerprint density at radius 3 is 1.97 bits per heavy atom. The van der Waals surface area contributed by atoms with Crippen LogP contribution in [0, 0.1) is 0 Å². The van der Waals surface area contributed by atoms with Gasteiger partial charge in [-0.15, -0.1) is 0 Å². The van der Waals surface area contributed by atoms with Crippen LogP contribution < -0.4 is 0 Å². The first-order chi connectivity index (χ1) is 19.3. The molecule has 182 valence electrons. The van der Waals surface area contributed by atoms with E-state index < -0.39 is 0 Å². The molecular weight excluding hydrogens is 476 g/mol. The molecule has 0 radical (unpaired) electrons. The van der Waals surface area contributed by atoms with E-state index in [-0.39, 0.29) is 0 Å². The molecule has 3 heterocycles. The third kappa shape index (κ3) is 3.50. The molecule has 39 heavy (non-hydrogen) atoms. The van der Waals surface area contributed by atoms with E-state index in [1.54, 1.807) is 6.20 Å². The van der Waals surface area contributed by atoms with Gasteiger partial charge in [0.15, 0.2) is 5.65 Å². The molecular formula is C35H22N4. The molecule has 4 heteroatoms. The topological polar surface area (TPSA) is 43.6 Å². The molecule has 0 bridgehead atoms. The number of hydrogen-bond acceptors (Lipinski definition) is 3. The van der Waals surface area contributed by atoms with Gasteiger partial charge in [-0.1, -0.05) is 97.1 Å². The molecule has 0 aliphatic heterocycles. The molecule has 4 nitrogen and oxygen atoms in total. The third-order valence-electron chi connectivity index (χ3n) is 7.47. The molecule has 0 aliphatic carbocycles. The Morgan fingerprint density at radius 2 is 1.13 bits per heavy atom. The van der Waals surface area contributed by atoms with Crippen LogP contribution in [0.1, 0.15) is 0 Å². The zero-order valence-corrected chi connectivity index (χ0v) is 21.0. The summed E-state index contributed by atoms with van der Waals surface area (Å²) in [5.41, 5.74) is 7.09. The van der Waals surface area contributed by atoms with Gasteiger partial charge in [0.1, 0.15) is 0 Å². The first-order valence-corrected chi connectivity index (χ1v) is 13.0. The molecule has 0 saturated heterocycles. The molecule has 8 aromatic rings. The summed E-state index contributed by atoms with van der Waals surface area (Å²) in [6, 6.07) is 44.5. The van der Waals surface area contributed by atoms with E-state index in [2.05, 4.69) is 119 Å². The minimum Gasteiger partial charge on any atom is -0.278 e. The molecule has 0 amide bonds. The Balaban J connectivity index is 1.39. The number of para-hydroxylation sites is 1. The summed E-state index contributed by atoms with van der Waals surface area (Å²) in [7, 11) is 0. The fourth-order valence-corrected chi connectivity index (χ4v) is 5.59. The highest BCUT2D eigenvalue weighted by Crippen LogP contribution is 2.35. The number of hydrogen-bond donors (Lipinski definition) is 0. The van der Waals surface area contributed by atoms with E-state index in [0.717, 1.165) is 27.7 Å². The van der Waals surface area contributed by atoms with Crippen LogP contribution in [-0.2, 0) is 0 Å². The minimum absolute atomic E-state index is 0.616. The van der Waals surface area contributed by atoms with Gasteiger partial charge >= 0.3 is 0 Å². The molecule has 8 rings (SSSR count). The van der Waals surface area contributed by atoms with E-state index in [4.69, 9.17) is 9.97 Å². The van der Waals surface area contributed by atoms with Crippen molar-refractivity contribution in [2.45, 2.75) is 0 Å².